The van der Waals surface area contributed by atoms with Crippen LogP contribution in [-0.4, -0.2) is 34.7 Å². The summed E-state index contributed by atoms with van der Waals surface area (Å²) in [5, 5.41) is 8.97. The molecule has 0 spiro atoms. The van der Waals surface area contributed by atoms with E-state index in [1.807, 2.05) is 45.0 Å². The Balaban J connectivity index is 2.03. The molecule has 0 saturated heterocycles. The molecule has 1 unspecified atom stereocenters. The van der Waals surface area contributed by atoms with Crippen molar-refractivity contribution >= 4 is 11.8 Å². The summed E-state index contributed by atoms with van der Waals surface area (Å²) in [7, 11) is 0. The molecule has 4 nitrogen and oxygen atoms in total. The topological polar surface area (TPSA) is 59.4 Å². The van der Waals surface area contributed by atoms with Gasteiger partial charge in [-0.3, -0.25) is 9.78 Å². The van der Waals surface area contributed by atoms with Crippen molar-refractivity contribution in [3.63, 3.8) is 0 Å². The van der Waals surface area contributed by atoms with Crippen molar-refractivity contribution in [3.05, 3.63) is 94.1 Å². The number of carbonyl (C=O) groups excluding carboxylic acids is 1. The fourth-order valence-corrected chi connectivity index (χ4v) is 5.22. The van der Waals surface area contributed by atoms with E-state index in [4.69, 9.17) is 9.84 Å². The number of hydrogen-bond donors (Lipinski definition) is 1. The summed E-state index contributed by atoms with van der Waals surface area (Å²) in [4.78, 5) is 16.2. The molecule has 0 saturated carbocycles. The number of halogens is 6. The minimum absolute atomic E-state index is 0.0715. The lowest BCUT2D eigenvalue weighted by Gasteiger charge is -2.34. The maximum Gasteiger partial charge on any atom is 0.455 e. The number of carbonyl (C=O) groups is 1. The van der Waals surface area contributed by atoms with Crippen molar-refractivity contribution in [2.45, 2.75) is 71.3 Å². The number of benzene rings is 2. The number of rotatable bonds is 10. The Morgan fingerprint density at radius 3 is 2.00 bits per heavy atom. The number of aromatic nitrogens is 1. The van der Waals surface area contributed by atoms with Crippen LogP contribution in [0.4, 0.5) is 26.3 Å². The number of pyridine rings is 1. The van der Waals surface area contributed by atoms with Crippen molar-refractivity contribution in [2.24, 2.45) is 0 Å². The Kier molecular flexibility index (Phi) is 9.92. The average Bonchev–Trinajstić information content (AvgIpc) is 2.93. The molecular weight excluding hydrogens is 560 g/mol. The highest BCUT2D eigenvalue weighted by atomic mass is 19.4. The highest BCUT2D eigenvalue weighted by Gasteiger charge is 2.60. The number of alkyl halides is 4. The van der Waals surface area contributed by atoms with Crippen LogP contribution in [-0.2, 0) is 21.4 Å². The van der Waals surface area contributed by atoms with Crippen molar-refractivity contribution < 1.29 is 41.0 Å². The van der Waals surface area contributed by atoms with Crippen molar-refractivity contribution in [2.75, 3.05) is 6.61 Å². The monoisotopic (exact) mass is 593 g/mol. The molecule has 1 aromatic heterocycles. The molecule has 42 heavy (non-hydrogen) atoms. The van der Waals surface area contributed by atoms with Crippen LogP contribution in [0.3, 0.4) is 0 Å². The molecule has 1 heterocycles. The van der Waals surface area contributed by atoms with Gasteiger partial charge in [0.15, 0.2) is 5.83 Å². The first-order valence-corrected chi connectivity index (χ1v) is 13.5. The van der Waals surface area contributed by atoms with Gasteiger partial charge in [-0.2, -0.15) is 17.6 Å². The minimum Gasteiger partial charge on any atom is -0.466 e. The molecule has 226 valence electrons. The van der Waals surface area contributed by atoms with Crippen LogP contribution in [0.5, 0.6) is 0 Å². The van der Waals surface area contributed by atoms with Gasteiger partial charge in [0.2, 0.25) is 5.83 Å². The van der Waals surface area contributed by atoms with E-state index in [-0.39, 0.29) is 24.6 Å². The number of ether oxygens (including phenoxy) is 1. The van der Waals surface area contributed by atoms with Gasteiger partial charge in [-0.15, -0.1) is 0 Å². The number of hydrogen-bond acceptors (Lipinski definition) is 4. The Morgan fingerprint density at radius 2 is 1.48 bits per heavy atom. The fraction of sp³-hybridized carbons (Fsp3) is 0.375. The van der Waals surface area contributed by atoms with E-state index < -0.39 is 34.7 Å². The summed E-state index contributed by atoms with van der Waals surface area (Å²) in [6, 6.07) is 11.9. The fourth-order valence-electron chi connectivity index (χ4n) is 5.22. The first-order valence-electron chi connectivity index (χ1n) is 13.5. The van der Waals surface area contributed by atoms with E-state index in [1.165, 1.54) is 19.1 Å². The van der Waals surface area contributed by atoms with Crippen LogP contribution in [0.1, 0.15) is 67.0 Å². The smallest absolute Gasteiger partial charge is 0.455 e. The molecule has 0 bridgehead atoms. The van der Waals surface area contributed by atoms with Crippen LogP contribution in [0.15, 0.2) is 60.7 Å². The van der Waals surface area contributed by atoms with Gasteiger partial charge in [0.25, 0.3) is 0 Å². The van der Waals surface area contributed by atoms with E-state index in [1.54, 1.807) is 19.3 Å². The average molecular weight is 594 g/mol. The van der Waals surface area contributed by atoms with Gasteiger partial charge in [-0.1, -0.05) is 50.2 Å². The molecule has 0 aliphatic heterocycles. The highest BCUT2D eigenvalue weighted by Crippen LogP contribution is 2.44. The lowest BCUT2D eigenvalue weighted by atomic mass is 9.69. The lowest BCUT2D eigenvalue weighted by Crippen LogP contribution is -2.41. The Hall–Kier alpha value is -3.66. The largest absolute Gasteiger partial charge is 0.466 e. The third kappa shape index (κ3) is 6.38. The zero-order valence-electron chi connectivity index (χ0n) is 24.0. The van der Waals surface area contributed by atoms with Gasteiger partial charge in [0.05, 0.1) is 13.0 Å². The third-order valence-electron chi connectivity index (χ3n) is 7.62. The first-order chi connectivity index (χ1) is 19.6. The summed E-state index contributed by atoms with van der Waals surface area (Å²) in [5.41, 5.74) is 3.86. The Labute approximate surface area is 241 Å². The SMILES string of the molecule is CCOC(=O)Cc1cncc(-c2ccc(C(CC)(CC)c3ccc(C(F)=C(F)C(O)(F)C(F)(F)F)c(C)c3)cc2C)c1. The third-order valence-corrected chi connectivity index (χ3v) is 7.62. The zero-order valence-corrected chi connectivity index (χ0v) is 24.0. The van der Waals surface area contributed by atoms with Gasteiger partial charge in [-0.05, 0) is 73.1 Å². The van der Waals surface area contributed by atoms with Crippen LogP contribution >= 0.6 is 0 Å². The zero-order chi connectivity index (χ0) is 31.5. The van der Waals surface area contributed by atoms with Gasteiger partial charge in [0, 0.05) is 28.9 Å². The van der Waals surface area contributed by atoms with Crippen LogP contribution in [0.25, 0.3) is 17.0 Å². The van der Waals surface area contributed by atoms with Gasteiger partial charge in [-0.25, -0.2) is 8.78 Å². The minimum atomic E-state index is -6.05. The van der Waals surface area contributed by atoms with Crippen molar-refractivity contribution in [1.29, 1.82) is 0 Å². The Bertz CT molecular complexity index is 1480. The van der Waals surface area contributed by atoms with E-state index >= 15 is 0 Å². The van der Waals surface area contributed by atoms with Crippen LogP contribution in [0, 0.1) is 13.8 Å². The Morgan fingerprint density at radius 1 is 0.881 bits per heavy atom. The van der Waals surface area contributed by atoms with E-state index in [2.05, 4.69) is 4.98 Å². The maximum atomic E-state index is 14.7. The quantitative estimate of drug-likeness (QED) is 0.189. The number of aliphatic hydroxyl groups is 1. The van der Waals surface area contributed by atoms with Crippen molar-refractivity contribution in [3.8, 4) is 11.1 Å². The summed E-state index contributed by atoms with van der Waals surface area (Å²) in [6.07, 6.45) is -1.45. The lowest BCUT2D eigenvalue weighted by molar-refractivity contribution is -0.302. The summed E-state index contributed by atoms with van der Waals surface area (Å²) >= 11 is 0. The van der Waals surface area contributed by atoms with Crippen LogP contribution in [0.2, 0.25) is 0 Å². The molecule has 0 fully saturated rings. The second-order valence-electron chi connectivity index (χ2n) is 10.2. The maximum absolute atomic E-state index is 14.7. The molecule has 1 N–H and O–H groups in total. The molecule has 10 heteroatoms. The number of esters is 1. The van der Waals surface area contributed by atoms with Gasteiger partial charge < -0.3 is 9.84 Å². The molecule has 0 radical (unpaired) electrons. The summed E-state index contributed by atoms with van der Waals surface area (Å²) < 4.78 is 85.8. The van der Waals surface area contributed by atoms with Gasteiger partial charge in [0.1, 0.15) is 0 Å². The second-order valence-corrected chi connectivity index (χ2v) is 10.2. The highest BCUT2D eigenvalue weighted by molar-refractivity contribution is 5.74. The van der Waals surface area contributed by atoms with Gasteiger partial charge >= 0.3 is 18.0 Å². The number of nitrogens with zero attached hydrogens (tertiary/aromatic N) is 1. The predicted octanol–water partition coefficient (Wildman–Crippen LogP) is 8.41. The molecule has 0 aliphatic carbocycles. The first kappa shape index (κ1) is 32.8. The predicted molar refractivity (Wildman–Crippen MR) is 149 cm³/mol. The van der Waals surface area contributed by atoms with Crippen LogP contribution < -0.4 is 0 Å². The number of aryl methyl sites for hydroxylation is 2. The molecule has 2 aromatic carbocycles. The molecule has 0 amide bonds. The standard InChI is InChI=1S/C32H33F6NO3/c1-6-30(7-2,24-10-12-26(20(5)14-24)28(33)29(34)31(35,41)32(36,37)38)23-9-11-25(19(4)13-23)22-15-21(17-39-18-22)16-27(40)42-8-3/h9-15,17-18,41H,6-8,16H2,1-5H3. The normalized spacial score (nSPS) is 14.3. The molecule has 3 rings (SSSR count). The second kappa shape index (κ2) is 12.7. The van der Waals surface area contributed by atoms with Crippen molar-refractivity contribution in [1.82, 2.24) is 4.98 Å². The molecule has 0 aliphatic rings. The summed E-state index contributed by atoms with van der Waals surface area (Å²) in [5.74, 6) is -10.9. The van der Waals surface area contributed by atoms with E-state index in [9.17, 15) is 31.1 Å². The van der Waals surface area contributed by atoms with E-state index in [0.717, 1.165) is 28.3 Å². The molecular formula is C32H33F6NO3. The molecule has 1 atom stereocenters. The summed E-state index contributed by atoms with van der Waals surface area (Å²) in [6.45, 7) is 9.25. The molecule has 3 aromatic rings. The van der Waals surface area contributed by atoms with E-state index in [0.29, 0.717) is 24.0 Å².